The summed E-state index contributed by atoms with van der Waals surface area (Å²) in [5, 5.41) is 3.29. The van der Waals surface area contributed by atoms with Crippen LogP contribution in [0, 0.1) is 0 Å². The minimum atomic E-state index is 0.381. The van der Waals surface area contributed by atoms with E-state index in [9.17, 15) is 0 Å². The molecule has 1 aliphatic heterocycles. The van der Waals surface area contributed by atoms with Crippen LogP contribution in [-0.2, 0) is 0 Å². The highest BCUT2D eigenvalue weighted by atomic mass is 16.5. The SMILES string of the molecule is Nc1c(NCCN2CCCCC2)ncnc1Oc1ccccc1. The fourth-order valence-electron chi connectivity index (χ4n) is 2.72. The van der Waals surface area contributed by atoms with E-state index in [-0.39, 0.29) is 0 Å². The van der Waals surface area contributed by atoms with Crippen LogP contribution in [0.4, 0.5) is 11.5 Å². The molecule has 6 nitrogen and oxygen atoms in total. The molecule has 122 valence electrons. The van der Waals surface area contributed by atoms with E-state index in [0.29, 0.717) is 23.1 Å². The standard InChI is InChI=1S/C17H23N5O/c18-15-16(19-9-12-22-10-5-2-6-11-22)20-13-21-17(15)23-14-7-3-1-4-8-14/h1,3-4,7-8,13H,2,5-6,9-12,18H2,(H,19,20,21). The van der Waals surface area contributed by atoms with Crippen LogP contribution in [0.5, 0.6) is 11.6 Å². The van der Waals surface area contributed by atoms with Gasteiger partial charge in [0, 0.05) is 13.1 Å². The van der Waals surface area contributed by atoms with Crippen LogP contribution in [0.3, 0.4) is 0 Å². The summed E-state index contributed by atoms with van der Waals surface area (Å²) in [6.07, 6.45) is 5.41. The number of nitrogens with one attached hydrogen (secondary N) is 1. The van der Waals surface area contributed by atoms with Gasteiger partial charge in [0.25, 0.3) is 0 Å². The molecule has 0 unspecified atom stereocenters. The predicted octanol–water partition coefficient (Wildman–Crippen LogP) is 2.75. The molecule has 1 fully saturated rings. The molecule has 1 aromatic carbocycles. The number of ether oxygens (including phenoxy) is 1. The minimum absolute atomic E-state index is 0.381. The molecule has 0 amide bonds. The second-order valence-corrected chi connectivity index (χ2v) is 5.69. The third-order valence-corrected chi connectivity index (χ3v) is 3.97. The number of benzene rings is 1. The van der Waals surface area contributed by atoms with Crippen molar-refractivity contribution in [1.29, 1.82) is 0 Å². The second kappa shape index (κ2) is 7.78. The lowest BCUT2D eigenvalue weighted by Gasteiger charge is -2.26. The van der Waals surface area contributed by atoms with Crippen molar-refractivity contribution in [3.05, 3.63) is 36.7 Å². The van der Waals surface area contributed by atoms with Gasteiger partial charge in [0.2, 0.25) is 5.88 Å². The molecule has 0 spiro atoms. The molecule has 0 saturated carbocycles. The summed E-state index contributed by atoms with van der Waals surface area (Å²) in [6.45, 7) is 4.18. The molecule has 2 aromatic rings. The van der Waals surface area contributed by atoms with Gasteiger partial charge in [0.15, 0.2) is 5.82 Å². The normalized spacial score (nSPS) is 15.3. The Morgan fingerprint density at radius 3 is 2.65 bits per heavy atom. The summed E-state index contributed by atoms with van der Waals surface area (Å²) in [5.41, 5.74) is 6.56. The zero-order valence-electron chi connectivity index (χ0n) is 13.2. The summed E-state index contributed by atoms with van der Waals surface area (Å²) in [7, 11) is 0. The van der Waals surface area contributed by atoms with Gasteiger partial charge in [-0.15, -0.1) is 0 Å². The fraction of sp³-hybridized carbons (Fsp3) is 0.412. The van der Waals surface area contributed by atoms with Gasteiger partial charge < -0.3 is 20.7 Å². The van der Waals surface area contributed by atoms with Crippen LogP contribution < -0.4 is 15.8 Å². The van der Waals surface area contributed by atoms with E-state index in [1.165, 1.54) is 38.7 Å². The largest absolute Gasteiger partial charge is 0.437 e. The first-order chi connectivity index (χ1) is 11.3. The lowest BCUT2D eigenvalue weighted by Crippen LogP contribution is -2.33. The first kappa shape index (κ1) is 15.6. The van der Waals surface area contributed by atoms with Crippen LogP contribution in [-0.4, -0.2) is 41.0 Å². The van der Waals surface area contributed by atoms with Crippen molar-refractivity contribution in [2.75, 3.05) is 37.2 Å². The Bertz CT molecular complexity index is 614. The maximum absolute atomic E-state index is 6.12. The number of para-hydroxylation sites is 1. The maximum atomic E-state index is 6.12. The Labute approximate surface area is 136 Å². The average molecular weight is 313 g/mol. The van der Waals surface area contributed by atoms with Gasteiger partial charge in [-0.1, -0.05) is 24.6 Å². The van der Waals surface area contributed by atoms with Crippen LogP contribution in [0.25, 0.3) is 0 Å². The fourth-order valence-corrected chi connectivity index (χ4v) is 2.72. The number of likely N-dealkylation sites (tertiary alicyclic amines) is 1. The lowest BCUT2D eigenvalue weighted by molar-refractivity contribution is 0.237. The average Bonchev–Trinajstić information content (AvgIpc) is 2.60. The third kappa shape index (κ3) is 4.32. The van der Waals surface area contributed by atoms with E-state index in [0.717, 1.165) is 13.1 Å². The highest BCUT2D eigenvalue weighted by Gasteiger charge is 2.12. The third-order valence-electron chi connectivity index (χ3n) is 3.97. The number of nitrogens with zero attached hydrogens (tertiary/aromatic N) is 3. The molecule has 3 N–H and O–H groups in total. The zero-order valence-corrected chi connectivity index (χ0v) is 13.2. The lowest BCUT2D eigenvalue weighted by atomic mass is 10.1. The van der Waals surface area contributed by atoms with Gasteiger partial charge in [0.05, 0.1) is 0 Å². The van der Waals surface area contributed by atoms with Crippen molar-refractivity contribution in [3.63, 3.8) is 0 Å². The van der Waals surface area contributed by atoms with Gasteiger partial charge >= 0.3 is 0 Å². The van der Waals surface area contributed by atoms with Crippen LogP contribution in [0.1, 0.15) is 19.3 Å². The molecule has 23 heavy (non-hydrogen) atoms. The summed E-state index contributed by atoms with van der Waals surface area (Å²) in [4.78, 5) is 10.8. The van der Waals surface area contributed by atoms with Crippen molar-refractivity contribution in [2.24, 2.45) is 0 Å². The predicted molar refractivity (Wildman–Crippen MR) is 91.7 cm³/mol. The van der Waals surface area contributed by atoms with Crippen molar-refractivity contribution in [2.45, 2.75) is 19.3 Å². The Morgan fingerprint density at radius 2 is 1.87 bits per heavy atom. The van der Waals surface area contributed by atoms with Crippen molar-refractivity contribution < 1.29 is 4.74 Å². The van der Waals surface area contributed by atoms with Gasteiger partial charge in [-0.25, -0.2) is 4.98 Å². The molecule has 0 radical (unpaired) electrons. The molecular formula is C17H23N5O. The monoisotopic (exact) mass is 313 g/mol. The Kier molecular flexibility index (Phi) is 5.26. The molecule has 0 atom stereocenters. The van der Waals surface area contributed by atoms with E-state index in [1.807, 2.05) is 30.3 Å². The van der Waals surface area contributed by atoms with Crippen LogP contribution >= 0.6 is 0 Å². The summed E-state index contributed by atoms with van der Waals surface area (Å²) in [6, 6.07) is 9.48. The number of piperidine rings is 1. The first-order valence-electron chi connectivity index (χ1n) is 8.12. The summed E-state index contributed by atoms with van der Waals surface area (Å²) < 4.78 is 5.72. The van der Waals surface area contributed by atoms with Gasteiger partial charge in [-0.3, -0.25) is 0 Å². The highest BCUT2D eigenvalue weighted by molar-refractivity contribution is 5.66. The molecular weight excluding hydrogens is 290 g/mol. The summed E-state index contributed by atoms with van der Waals surface area (Å²) >= 11 is 0. The van der Waals surface area contributed by atoms with E-state index < -0.39 is 0 Å². The number of hydrogen-bond donors (Lipinski definition) is 2. The Hall–Kier alpha value is -2.34. The molecule has 1 saturated heterocycles. The van der Waals surface area contributed by atoms with E-state index in [1.54, 1.807) is 0 Å². The number of aromatic nitrogens is 2. The zero-order chi connectivity index (χ0) is 15.9. The number of hydrogen-bond acceptors (Lipinski definition) is 6. The van der Waals surface area contributed by atoms with Gasteiger partial charge in [0.1, 0.15) is 17.8 Å². The summed E-state index contributed by atoms with van der Waals surface area (Å²) in [5.74, 6) is 1.71. The van der Waals surface area contributed by atoms with Crippen molar-refractivity contribution in [1.82, 2.24) is 14.9 Å². The van der Waals surface area contributed by atoms with E-state index >= 15 is 0 Å². The number of nitrogen functional groups attached to an aromatic ring is 1. The number of anilines is 2. The molecule has 2 heterocycles. The second-order valence-electron chi connectivity index (χ2n) is 5.69. The van der Waals surface area contributed by atoms with Crippen molar-refractivity contribution >= 4 is 11.5 Å². The van der Waals surface area contributed by atoms with Crippen LogP contribution in [0.2, 0.25) is 0 Å². The minimum Gasteiger partial charge on any atom is -0.437 e. The van der Waals surface area contributed by atoms with Crippen molar-refractivity contribution in [3.8, 4) is 11.6 Å². The maximum Gasteiger partial charge on any atom is 0.248 e. The Morgan fingerprint density at radius 1 is 1.09 bits per heavy atom. The smallest absolute Gasteiger partial charge is 0.248 e. The van der Waals surface area contributed by atoms with Gasteiger partial charge in [-0.05, 0) is 38.1 Å². The molecule has 6 heteroatoms. The molecule has 1 aliphatic rings. The topological polar surface area (TPSA) is 76.3 Å². The first-order valence-corrected chi connectivity index (χ1v) is 8.12. The van der Waals surface area contributed by atoms with E-state index in [2.05, 4.69) is 20.2 Å². The number of rotatable bonds is 6. The molecule has 0 bridgehead atoms. The molecule has 1 aromatic heterocycles. The molecule has 3 rings (SSSR count). The van der Waals surface area contributed by atoms with E-state index in [4.69, 9.17) is 10.5 Å². The molecule has 0 aliphatic carbocycles. The van der Waals surface area contributed by atoms with Gasteiger partial charge in [-0.2, -0.15) is 4.98 Å². The van der Waals surface area contributed by atoms with Crippen LogP contribution in [0.15, 0.2) is 36.7 Å². The quantitative estimate of drug-likeness (QED) is 0.854. The number of nitrogens with two attached hydrogens (primary N) is 1. The highest BCUT2D eigenvalue weighted by Crippen LogP contribution is 2.28. The Balaban J connectivity index is 1.58.